The minimum atomic E-state index is -4.52. The molecule has 0 spiro atoms. The van der Waals surface area contributed by atoms with Gasteiger partial charge < -0.3 is 19.9 Å². The van der Waals surface area contributed by atoms with Crippen LogP contribution in [0.2, 0.25) is 0 Å². The maximum atomic E-state index is 13.1. The number of halogens is 3. The fraction of sp³-hybridized carbons (Fsp3) is 0.500. The summed E-state index contributed by atoms with van der Waals surface area (Å²) in [5.74, 6) is -0.827. The highest BCUT2D eigenvalue weighted by Gasteiger charge is 2.48. The number of carboxylic acid groups (broad SMARTS) is 1. The number of hydrogen-bond acceptors (Lipinski definition) is 7. The van der Waals surface area contributed by atoms with Crippen LogP contribution >= 0.6 is 0 Å². The van der Waals surface area contributed by atoms with Gasteiger partial charge in [-0.15, -0.1) is 10.2 Å². The summed E-state index contributed by atoms with van der Waals surface area (Å²) in [7, 11) is 0. The molecule has 0 saturated carbocycles. The standard InChI is InChI=1S/C26H33F3N6O5/c1-5-7-17(23-34-33-22(40-23)15-8-10-16(11-9-15)26(27,28)29)35(24(38)39)20(25(3,4)13-6-2)19(36)21(37)31-18-12-14-30-32-18/h8-12,14,17,19-20,36H,5-7,13H2,1-4H3,(H,38,39)(H2,30,31,32,37)/t17-,19-,20-/m1/s1. The zero-order valence-electron chi connectivity index (χ0n) is 22.6. The zero-order valence-corrected chi connectivity index (χ0v) is 22.6. The Hall–Kier alpha value is -3.94. The molecular weight excluding hydrogens is 533 g/mol. The van der Waals surface area contributed by atoms with Gasteiger partial charge in [0.05, 0.1) is 17.8 Å². The molecule has 0 aliphatic carbocycles. The van der Waals surface area contributed by atoms with Gasteiger partial charge in [-0.2, -0.15) is 18.3 Å². The largest absolute Gasteiger partial charge is 0.465 e. The molecule has 4 N–H and O–H groups in total. The van der Waals surface area contributed by atoms with E-state index in [0.29, 0.717) is 19.3 Å². The SMILES string of the molecule is CCC[C@H](c1nnc(-c2ccc(C(F)(F)F)cc2)o1)N(C(=O)O)[C@H]([C@@H](O)C(=O)Nc1ccn[nH]1)C(C)(C)CCC. The number of alkyl halides is 3. The number of hydrogen-bond donors (Lipinski definition) is 4. The Balaban J connectivity index is 2.02. The number of anilines is 1. The lowest BCUT2D eigenvalue weighted by Crippen LogP contribution is -2.58. The van der Waals surface area contributed by atoms with E-state index in [2.05, 4.69) is 25.7 Å². The van der Waals surface area contributed by atoms with Gasteiger partial charge in [0.25, 0.3) is 5.91 Å². The first kappa shape index (κ1) is 30.6. The van der Waals surface area contributed by atoms with Gasteiger partial charge in [-0.1, -0.05) is 40.5 Å². The topological polar surface area (TPSA) is 157 Å². The summed E-state index contributed by atoms with van der Waals surface area (Å²) in [4.78, 5) is 26.9. The number of carbonyl (C=O) groups excluding carboxylic acids is 1. The number of carbonyl (C=O) groups is 2. The first-order valence-electron chi connectivity index (χ1n) is 12.8. The Morgan fingerprint density at radius 2 is 1.77 bits per heavy atom. The van der Waals surface area contributed by atoms with Crippen molar-refractivity contribution in [2.24, 2.45) is 5.41 Å². The van der Waals surface area contributed by atoms with Gasteiger partial charge in [0, 0.05) is 11.6 Å². The highest BCUT2D eigenvalue weighted by atomic mass is 19.4. The lowest BCUT2D eigenvalue weighted by atomic mass is 9.76. The molecule has 14 heteroatoms. The zero-order chi connectivity index (χ0) is 29.7. The van der Waals surface area contributed by atoms with Gasteiger partial charge in [0.2, 0.25) is 11.8 Å². The molecule has 0 unspecified atom stereocenters. The van der Waals surface area contributed by atoms with Crippen molar-refractivity contribution in [3.8, 4) is 11.5 Å². The van der Waals surface area contributed by atoms with Crippen LogP contribution in [0.1, 0.15) is 70.9 Å². The number of amides is 2. The third-order valence-corrected chi connectivity index (χ3v) is 6.62. The van der Waals surface area contributed by atoms with Crippen molar-refractivity contribution in [2.75, 3.05) is 5.32 Å². The summed E-state index contributed by atoms with van der Waals surface area (Å²) in [6.45, 7) is 7.23. The molecule has 0 saturated heterocycles. The molecule has 1 aromatic carbocycles. The Morgan fingerprint density at radius 3 is 2.30 bits per heavy atom. The highest BCUT2D eigenvalue weighted by Crippen LogP contribution is 2.39. The number of aliphatic hydroxyl groups is 1. The molecule has 40 heavy (non-hydrogen) atoms. The molecule has 218 valence electrons. The van der Waals surface area contributed by atoms with Crippen molar-refractivity contribution < 1.29 is 37.4 Å². The van der Waals surface area contributed by atoms with E-state index in [9.17, 15) is 33.0 Å². The van der Waals surface area contributed by atoms with E-state index in [1.54, 1.807) is 13.8 Å². The molecule has 2 amide bonds. The number of H-pyrrole nitrogens is 1. The quantitative estimate of drug-likeness (QED) is 0.224. The van der Waals surface area contributed by atoms with Crippen molar-refractivity contribution >= 4 is 17.8 Å². The van der Waals surface area contributed by atoms with Crippen LogP contribution in [0.25, 0.3) is 11.5 Å². The first-order valence-corrected chi connectivity index (χ1v) is 12.8. The van der Waals surface area contributed by atoms with E-state index >= 15 is 0 Å². The Bertz CT molecular complexity index is 1260. The second-order valence-corrected chi connectivity index (χ2v) is 10.1. The molecule has 0 bridgehead atoms. The number of nitrogens with one attached hydrogen (secondary N) is 2. The summed E-state index contributed by atoms with van der Waals surface area (Å²) in [6, 6.07) is 3.29. The predicted octanol–water partition coefficient (Wildman–Crippen LogP) is 5.49. The number of aliphatic hydroxyl groups excluding tert-OH is 1. The smallest absolute Gasteiger partial charge is 0.416 e. The molecular formula is C26H33F3N6O5. The lowest BCUT2D eigenvalue weighted by molar-refractivity contribution is -0.137. The highest BCUT2D eigenvalue weighted by molar-refractivity contribution is 5.94. The van der Waals surface area contributed by atoms with E-state index in [4.69, 9.17) is 4.42 Å². The van der Waals surface area contributed by atoms with Crippen molar-refractivity contribution in [3.63, 3.8) is 0 Å². The number of aromatic amines is 1. The third kappa shape index (κ3) is 6.97. The predicted molar refractivity (Wildman–Crippen MR) is 138 cm³/mol. The Labute approximate surface area is 228 Å². The van der Waals surface area contributed by atoms with Gasteiger partial charge >= 0.3 is 12.3 Å². The Morgan fingerprint density at radius 1 is 1.10 bits per heavy atom. The Kier molecular flexibility index (Phi) is 9.56. The first-order chi connectivity index (χ1) is 18.8. The van der Waals surface area contributed by atoms with Crippen molar-refractivity contribution in [2.45, 2.75) is 77.7 Å². The molecule has 0 aliphatic rings. The number of rotatable bonds is 12. The molecule has 0 radical (unpaired) electrons. The van der Waals surface area contributed by atoms with Crippen molar-refractivity contribution in [1.29, 1.82) is 0 Å². The molecule has 3 atom stereocenters. The molecule has 0 aliphatic heterocycles. The molecule has 0 fully saturated rings. The second-order valence-electron chi connectivity index (χ2n) is 10.1. The van der Waals surface area contributed by atoms with Gasteiger partial charge in [-0.05, 0) is 42.5 Å². The fourth-order valence-corrected chi connectivity index (χ4v) is 4.81. The normalized spacial score (nSPS) is 14.4. The van der Waals surface area contributed by atoms with Crippen LogP contribution in [-0.4, -0.2) is 59.7 Å². The maximum Gasteiger partial charge on any atom is 0.416 e. The van der Waals surface area contributed by atoms with E-state index < -0.39 is 47.3 Å². The summed E-state index contributed by atoms with van der Waals surface area (Å²) in [5, 5.41) is 38.5. The lowest BCUT2D eigenvalue weighted by Gasteiger charge is -2.45. The number of benzene rings is 1. The van der Waals surface area contributed by atoms with Crippen LogP contribution in [0.15, 0.2) is 40.9 Å². The van der Waals surface area contributed by atoms with Crippen molar-refractivity contribution in [3.05, 3.63) is 48.0 Å². The van der Waals surface area contributed by atoms with Crippen molar-refractivity contribution in [1.82, 2.24) is 25.3 Å². The summed E-state index contributed by atoms with van der Waals surface area (Å²) in [6.07, 6.45) is -4.54. The summed E-state index contributed by atoms with van der Waals surface area (Å²) >= 11 is 0. The third-order valence-electron chi connectivity index (χ3n) is 6.62. The summed E-state index contributed by atoms with van der Waals surface area (Å²) < 4.78 is 44.7. The summed E-state index contributed by atoms with van der Waals surface area (Å²) in [5.41, 5.74) is -1.52. The minimum absolute atomic E-state index is 0.0999. The fourth-order valence-electron chi connectivity index (χ4n) is 4.81. The minimum Gasteiger partial charge on any atom is -0.465 e. The molecule has 11 nitrogen and oxygen atoms in total. The number of nitrogens with zero attached hydrogens (tertiary/aromatic N) is 4. The van der Waals surface area contributed by atoms with Gasteiger partial charge in [0.15, 0.2) is 6.10 Å². The van der Waals surface area contributed by atoms with E-state index in [1.807, 2.05) is 13.8 Å². The average molecular weight is 567 g/mol. The van der Waals surface area contributed by atoms with E-state index in [0.717, 1.165) is 17.0 Å². The average Bonchev–Trinajstić information content (AvgIpc) is 3.57. The monoisotopic (exact) mass is 566 g/mol. The van der Waals surface area contributed by atoms with Gasteiger partial charge in [-0.3, -0.25) is 14.8 Å². The number of aromatic nitrogens is 4. The van der Waals surface area contributed by atoms with Crippen LogP contribution in [-0.2, 0) is 11.0 Å². The maximum absolute atomic E-state index is 13.1. The van der Waals surface area contributed by atoms with Crippen LogP contribution < -0.4 is 5.32 Å². The molecule has 3 rings (SSSR count). The molecule has 3 aromatic rings. The van der Waals surface area contributed by atoms with E-state index in [1.165, 1.54) is 24.4 Å². The van der Waals surface area contributed by atoms with Gasteiger partial charge in [-0.25, -0.2) is 4.79 Å². The van der Waals surface area contributed by atoms with Gasteiger partial charge in [0.1, 0.15) is 11.9 Å². The second kappa shape index (κ2) is 12.5. The van der Waals surface area contributed by atoms with Crippen LogP contribution in [0.4, 0.5) is 23.8 Å². The molecule has 2 heterocycles. The van der Waals surface area contributed by atoms with Crippen LogP contribution in [0, 0.1) is 5.41 Å². The van der Waals surface area contributed by atoms with E-state index in [-0.39, 0.29) is 29.6 Å². The van der Waals surface area contributed by atoms with Crippen LogP contribution in [0.3, 0.4) is 0 Å². The van der Waals surface area contributed by atoms with Crippen LogP contribution in [0.5, 0.6) is 0 Å². The molecule has 2 aromatic heterocycles.